The summed E-state index contributed by atoms with van der Waals surface area (Å²) in [5.41, 5.74) is 11.1. The molecule has 1 aromatic carbocycles. The maximum atomic E-state index is 6.16. The molecule has 6 nitrogen and oxygen atoms in total. The number of ether oxygens (including phenoxy) is 1. The molecule has 162 valence electrons. The maximum Gasteiger partial charge on any atom is 0.193 e. The minimum atomic E-state index is 0. The first-order valence-corrected chi connectivity index (χ1v) is 10.6. The minimum absolute atomic E-state index is 0. The zero-order valence-corrected chi connectivity index (χ0v) is 20.1. The predicted octanol–water partition coefficient (Wildman–Crippen LogP) is 4.12. The molecule has 1 fully saturated rings. The van der Waals surface area contributed by atoms with Crippen LogP contribution in [-0.4, -0.2) is 36.2 Å². The summed E-state index contributed by atoms with van der Waals surface area (Å²) in [6.45, 7) is 6.45. The van der Waals surface area contributed by atoms with E-state index in [0.717, 1.165) is 43.0 Å². The van der Waals surface area contributed by atoms with Gasteiger partial charge in [0, 0.05) is 25.0 Å². The fourth-order valence-corrected chi connectivity index (χ4v) is 4.31. The summed E-state index contributed by atoms with van der Waals surface area (Å²) in [4.78, 5) is 11.4. The summed E-state index contributed by atoms with van der Waals surface area (Å²) >= 11 is 0. The summed E-state index contributed by atoms with van der Waals surface area (Å²) in [7, 11) is 0. The van der Waals surface area contributed by atoms with Crippen molar-refractivity contribution in [3.63, 3.8) is 0 Å². The first kappa shape index (κ1) is 22.8. The molecule has 2 aliphatic rings. The van der Waals surface area contributed by atoms with Crippen molar-refractivity contribution in [2.24, 2.45) is 10.7 Å². The van der Waals surface area contributed by atoms with Gasteiger partial charge in [-0.1, -0.05) is 18.2 Å². The van der Waals surface area contributed by atoms with E-state index in [1.165, 1.54) is 24.0 Å². The van der Waals surface area contributed by atoms with Gasteiger partial charge in [0.2, 0.25) is 0 Å². The lowest BCUT2D eigenvalue weighted by Gasteiger charge is -2.36. The lowest BCUT2D eigenvalue weighted by Crippen LogP contribution is -2.45. The molecule has 0 saturated carbocycles. The number of hydrogen-bond acceptors (Lipinski definition) is 4. The summed E-state index contributed by atoms with van der Waals surface area (Å²) in [6, 6.07) is 10.5. The van der Waals surface area contributed by atoms with Gasteiger partial charge in [-0.15, -0.1) is 24.0 Å². The summed E-state index contributed by atoms with van der Waals surface area (Å²) in [5, 5.41) is 3.30. The quantitative estimate of drug-likeness (QED) is 0.360. The topological polar surface area (TPSA) is 75.8 Å². The molecule has 1 saturated heterocycles. The van der Waals surface area contributed by atoms with Crippen LogP contribution in [0.5, 0.6) is 0 Å². The number of fused-ring (bicyclic) bond motifs is 1. The summed E-state index contributed by atoms with van der Waals surface area (Å²) in [5.74, 6) is 1.44. The van der Waals surface area contributed by atoms with Crippen LogP contribution in [0.1, 0.15) is 43.4 Å². The van der Waals surface area contributed by atoms with Crippen molar-refractivity contribution in [1.29, 1.82) is 0 Å². The Hall–Kier alpha value is -1.87. The van der Waals surface area contributed by atoms with Gasteiger partial charge in [-0.2, -0.15) is 0 Å². The van der Waals surface area contributed by atoms with Crippen LogP contribution in [0, 0.1) is 0 Å². The lowest BCUT2D eigenvalue weighted by atomic mass is 9.90. The number of anilines is 2. The number of benzene rings is 1. The Labute approximate surface area is 196 Å². The van der Waals surface area contributed by atoms with E-state index in [2.05, 4.69) is 64.4 Å². The van der Waals surface area contributed by atoms with Crippen LogP contribution in [-0.2, 0) is 24.1 Å². The Morgan fingerprint density at radius 1 is 1.17 bits per heavy atom. The highest BCUT2D eigenvalue weighted by Crippen LogP contribution is 2.27. The number of aryl methyl sites for hydroxylation is 1. The Balaban J connectivity index is 0.00000256. The second-order valence-electron chi connectivity index (χ2n) is 8.16. The largest absolute Gasteiger partial charge is 0.372 e. The van der Waals surface area contributed by atoms with Crippen molar-refractivity contribution in [1.82, 2.24) is 4.98 Å². The van der Waals surface area contributed by atoms with Crippen molar-refractivity contribution in [2.45, 2.75) is 58.3 Å². The molecule has 7 heteroatoms. The number of aromatic nitrogens is 1. The van der Waals surface area contributed by atoms with Crippen molar-refractivity contribution in [2.75, 3.05) is 23.3 Å². The molecule has 0 spiro atoms. The molecular formula is C23H32IN5O. The molecule has 30 heavy (non-hydrogen) atoms. The normalized spacial score (nSPS) is 21.5. The average molecular weight is 521 g/mol. The number of morpholine rings is 1. The number of nitrogens with zero attached hydrogens (tertiary/aromatic N) is 3. The van der Waals surface area contributed by atoms with Gasteiger partial charge in [-0.05, 0) is 68.4 Å². The molecule has 2 unspecified atom stereocenters. The van der Waals surface area contributed by atoms with Crippen LogP contribution in [0.15, 0.2) is 41.5 Å². The predicted molar refractivity (Wildman–Crippen MR) is 134 cm³/mol. The van der Waals surface area contributed by atoms with Gasteiger partial charge in [-0.25, -0.2) is 9.98 Å². The van der Waals surface area contributed by atoms with Gasteiger partial charge in [-0.3, -0.25) is 0 Å². The highest BCUT2D eigenvalue weighted by atomic mass is 127. The smallest absolute Gasteiger partial charge is 0.193 e. The minimum Gasteiger partial charge on any atom is -0.372 e. The second-order valence-corrected chi connectivity index (χ2v) is 8.16. The molecule has 0 amide bonds. The van der Waals surface area contributed by atoms with Gasteiger partial charge < -0.3 is 20.7 Å². The Morgan fingerprint density at radius 2 is 1.93 bits per heavy atom. The van der Waals surface area contributed by atoms with E-state index < -0.39 is 0 Å². The number of aliphatic imine (C=N–C) groups is 1. The SMILES string of the molecule is CC1CN(c2ccc(CN=C(N)Nc3cccc4c3CCCC4)cn2)CC(C)O1.I. The zero-order valence-electron chi connectivity index (χ0n) is 17.8. The first-order valence-electron chi connectivity index (χ1n) is 10.6. The van der Waals surface area contributed by atoms with E-state index in [0.29, 0.717) is 12.5 Å². The third-order valence-corrected chi connectivity index (χ3v) is 5.64. The lowest BCUT2D eigenvalue weighted by molar-refractivity contribution is -0.00545. The number of halogens is 1. The summed E-state index contributed by atoms with van der Waals surface area (Å²) < 4.78 is 5.80. The van der Waals surface area contributed by atoms with Gasteiger partial charge in [0.25, 0.3) is 0 Å². The van der Waals surface area contributed by atoms with Crippen molar-refractivity contribution in [3.05, 3.63) is 53.2 Å². The van der Waals surface area contributed by atoms with Crippen molar-refractivity contribution < 1.29 is 4.74 Å². The number of nitrogens with two attached hydrogens (primary N) is 1. The molecule has 0 radical (unpaired) electrons. The van der Waals surface area contributed by atoms with E-state index in [1.807, 2.05) is 6.20 Å². The Morgan fingerprint density at radius 3 is 2.67 bits per heavy atom. The Kier molecular flexibility index (Phi) is 7.93. The van der Waals surface area contributed by atoms with Crippen molar-refractivity contribution >= 4 is 41.4 Å². The van der Waals surface area contributed by atoms with E-state index >= 15 is 0 Å². The molecule has 1 aliphatic heterocycles. The molecular weight excluding hydrogens is 489 g/mol. The third-order valence-electron chi connectivity index (χ3n) is 5.64. The van der Waals surface area contributed by atoms with Gasteiger partial charge in [0.1, 0.15) is 5.82 Å². The standard InChI is InChI=1S/C23H31N5O.HI/c1-16-14-28(15-17(2)29-16)22-11-10-18(12-25-22)13-26-23(24)27-21-9-5-7-19-6-3-4-8-20(19)21;/h5,7,9-12,16-17H,3-4,6,8,13-15H2,1-2H3,(H3,24,26,27);1H. The van der Waals surface area contributed by atoms with Crippen LogP contribution >= 0.6 is 24.0 Å². The van der Waals surface area contributed by atoms with Crippen LogP contribution in [0.3, 0.4) is 0 Å². The maximum absolute atomic E-state index is 6.16. The molecule has 0 bridgehead atoms. The van der Waals surface area contributed by atoms with Crippen LogP contribution in [0.2, 0.25) is 0 Å². The molecule has 2 aromatic rings. The van der Waals surface area contributed by atoms with Crippen LogP contribution < -0.4 is 16.0 Å². The van der Waals surface area contributed by atoms with Gasteiger partial charge >= 0.3 is 0 Å². The number of hydrogen-bond donors (Lipinski definition) is 2. The highest BCUT2D eigenvalue weighted by molar-refractivity contribution is 14.0. The summed E-state index contributed by atoms with van der Waals surface area (Å²) in [6.07, 6.45) is 7.10. The van der Waals surface area contributed by atoms with Crippen LogP contribution in [0.25, 0.3) is 0 Å². The monoisotopic (exact) mass is 521 g/mol. The Bertz CT molecular complexity index is 860. The second kappa shape index (κ2) is 10.4. The zero-order chi connectivity index (χ0) is 20.2. The number of nitrogens with one attached hydrogen (secondary N) is 1. The van der Waals surface area contributed by atoms with Crippen molar-refractivity contribution in [3.8, 4) is 0 Å². The first-order chi connectivity index (χ1) is 14.1. The van der Waals surface area contributed by atoms with E-state index in [9.17, 15) is 0 Å². The number of rotatable bonds is 4. The van der Waals surface area contributed by atoms with E-state index in [4.69, 9.17) is 10.5 Å². The van der Waals surface area contributed by atoms with E-state index in [-0.39, 0.29) is 36.2 Å². The van der Waals surface area contributed by atoms with E-state index in [1.54, 1.807) is 0 Å². The molecule has 1 aromatic heterocycles. The highest BCUT2D eigenvalue weighted by Gasteiger charge is 2.23. The van der Waals surface area contributed by atoms with Gasteiger partial charge in [0.15, 0.2) is 5.96 Å². The third kappa shape index (κ3) is 5.63. The number of pyridine rings is 1. The van der Waals surface area contributed by atoms with Crippen LogP contribution in [0.4, 0.5) is 11.5 Å². The molecule has 4 rings (SSSR count). The number of guanidine groups is 1. The molecule has 1 aliphatic carbocycles. The molecule has 2 atom stereocenters. The fraction of sp³-hybridized carbons (Fsp3) is 0.478. The fourth-order valence-electron chi connectivity index (χ4n) is 4.31. The average Bonchev–Trinajstić information content (AvgIpc) is 2.72. The van der Waals surface area contributed by atoms with Gasteiger partial charge in [0.05, 0.1) is 18.8 Å². The molecule has 3 N–H and O–H groups in total. The molecule has 2 heterocycles.